The topological polar surface area (TPSA) is 57.8 Å². The standard InChI is InChI=1S/C23H25N5O/c1-16-22(27(2)26-25-16)19-8-9-20-21(14-19)28(15-24-20)23(17-6-4-3-5-7-17)18-10-12-29-13-11-18/h3-9,14-15,18,23H,10-13H2,1-2H3. The molecule has 0 spiro atoms. The number of rotatable bonds is 4. The second-order valence-electron chi connectivity index (χ2n) is 7.81. The highest BCUT2D eigenvalue weighted by atomic mass is 16.5. The maximum atomic E-state index is 5.64. The molecular formula is C23H25N5O. The fourth-order valence-electron chi connectivity index (χ4n) is 4.59. The van der Waals surface area contributed by atoms with Crippen molar-refractivity contribution in [1.82, 2.24) is 24.5 Å². The monoisotopic (exact) mass is 387 g/mol. The first-order valence-electron chi connectivity index (χ1n) is 10.2. The van der Waals surface area contributed by atoms with Crippen LogP contribution in [0.1, 0.15) is 30.1 Å². The van der Waals surface area contributed by atoms with Crippen LogP contribution in [0.3, 0.4) is 0 Å². The number of ether oxygens (including phenoxy) is 1. The van der Waals surface area contributed by atoms with Crippen LogP contribution in [0.5, 0.6) is 0 Å². The molecule has 1 saturated heterocycles. The molecule has 6 nitrogen and oxygen atoms in total. The Kier molecular flexibility index (Phi) is 4.64. The zero-order chi connectivity index (χ0) is 19.8. The Bertz CT molecular complexity index is 1110. The van der Waals surface area contributed by atoms with Gasteiger partial charge in [-0.05, 0) is 43.4 Å². The lowest BCUT2D eigenvalue weighted by molar-refractivity contribution is 0.0547. The molecule has 1 aliphatic heterocycles. The van der Waals surface area contributed by atoms with Gasteiger partial charge in [0.25, 0.3) is 0 Å². The second kappa shape index (κ2) is 7.44. The highest BCUT2D eigenvalue weighted by Gasteiger charge is 2.28. The van der Waals surface area contributed by atoms with Crippen LogP contribution in [-0.2, 0) is 11.8 Å². The van der Waals surface area contributed by atoms with Gasteiger partial charge in [0.05, 0.1) is 34.8 Å². The predicted molar refractivity (Wildman–Crippen MR) is 113 cm³/mol. The highest BCUT2D eigenvalue weighted by Crippen LogP contribution is 2.36. The van der Waals surface area contributed by atoms with Crippen molar-refractivity contribution in [3.8, 4) is 11.3 Å². The molecule has 0 radical (unpaired) electrons. The minimum atomic E-state index is 0.242. The van der Waals surface area contributed by atoms with Crippen molar-refractivity contribution < 1.29 is 4.74 Å². The van der Waals surface area contributed by atoms with Crippen LogP contribution in [0.2, 0.25) is 0 Å². The Labute approximate surface area is 170 Å². The van der Waals surface area contributed by atoms with Crippen molar-refractivity contribution in [2.24, 2.45) is 13.0 Å². The van der Waals surface area contributed by atoms with Gasteiger partial charge in [-0.2, -0.15) is 0 Å². The Morgan fingerprint density at radius 3 is 2.59 bits per heavy atom. The molecule has 0 N–H and O–H groups in total. The van der Waals surface area contributed by atoms with E-state index in [1.54, 1.807) is 0 Å². The zero-order valence-electron chi connectivity index (χ0n) is 16.8. The van der Waals surface area contributed by atoms with Gasteiger partial charge in [-0.1, -0.05) is 41.6 Å². The average Bonchev–Trinajstić information content (AvgIpc) is 3.32. The molecule has 3 heterocycles. The van der Waals surface area contributed by atoms with Crippen LogP contribution in [0, 0.1) is 12.8 Å². The van der Waals surface area contributed by atoms with Gasteiger partial charge in [0.1, 0.15) is 0 Å². The van der Waals surface area contributed by atoms with E-state index in [4.69, 9.17) is 9.72 Å². The number of nitrogens with zero attached hydrogens (tertiary/aromatic N) is 5. The summed E-state index contributed by atoms with van der Waals surface area (Å²) in [4.78, 5) is 4.72. The fourth-order valence-corrected chi connectivity index (χ4v) is 4.59. The third kappa shape index (κ3) is 3.23. The van der Waals surface area contributed by atoms with Gasteiger partial charge in [-0.25, -0.2) is 9.67 Å². The molecule has 1 aliphatic rings. The second-order valence-corrected chi connectivity index (χ2v) is 7.81. The van der Waals surface area contributed by atoms with Crippen molar-refractivity contribution in [2.75, 3.05) is 13.2 Å². The smallest absolute Gasteiger partial charge is 0.0964 e. The molecule has 148 valence electrons. The normalized spacial score (nSPS) is 16.3. The summed E-state index contributed by atoms with van der Waals surface area (Å²) in [5.41, 5.74) is 6.56. The van der Waals surface area contributed by atoms with Crippen LogP contribution in [-0.4, -0.2) is 37.8 Å². The van der Waals surface area contributed by atoms with E-state index in [1.807, 2.05) is 25.0 Å². The van der Waals surface area contributed by atoms with Crippen LogP contribution < -0.4 is 0 Å². The molecule has 1 atom stereocenters. The van der Waals surface area contributed by atoms with Crippen molar-refractivity contribution in [2.45, 2.75) is 25.8 Å². The van der Waals surface area contributed by atoms with Gasteiger partial charge in [0.2, 0.25) is 0 Å². The molecule has 0 saturated carbocycles. The molecule has 1 unspecified atom stereocenters. The van der Waals surface area contributed by atoms with E-state index in [1.165, 1.54) is 5.56 Å². The average molecular weight is 387 g/mol. The Hall–Kier alpha value is -2.99. The van der Waals surface area contributed by atoms with Crippen LogP contribution >= 0.6 is 0 Å². The van der Waals surface area contributed by atoms with Crippen molar-refractivity contribution in [3.63, 3.8) is 0 Å². The van der Waals surface area contributed by atoms with E-state index in [0.29, 0.717) is 5.92 Å². The van der Waals surface area contributed by atoms with Crippen molar-refractivity contribution in [3.05, 3.63) is 66.1 Å². The van der Waals surface area contributed by atoms with Crippen LogP contribution in [0.25, 0.3) is 22.3 Å². The van der Waals surface area contributed by atoms with E-state index >= 15 is 0 Å². The van der Waals surface area contributed by atoms with Gasteiger partial charge in [0, 0.05) is 25.8 Å². The maximum absolute atomic E-state index is 5.64. The molecule has 0 bridgehead atoms. The lowest BCUT2D eigenvalue weighted by Gasteiger charge is -2.32. The first-order valence-corrected chi connectivity index (χ1v) is 10.2. The van der Waals surface area contributed by atoms with Gasteiger partial charge in [0.15, 0.2) is 0 Å². The minimum Gasteiger partial charge on any atom is -0.381 e. The van der Waals surface area contributed by atoms with Crippen molar-refractivity contribution in [1.29, 1.82) is 0 Å². The molecule has 0 amide bonds. The summed E-state index contributed by atoms with van der Waals surface area (Å²) in [5, 5.41) is 8.38. The van der Waals surface area contributed by atoms with Gasteiger partial charge >= 0.3 is 0 Å². The molecule has 6 heteroatoms. The Morgan fingerprint density at radius 2 is 1.86 bits per heavy atom. The van der Waals surface area contributed by atoms with Crippen molar-refractivity contribution >= 4 is 11.0 Å². The third-order valence-corrected chi connectivity index (χ3v) is 6.00. The van der Waals surface area contributed by atoms with Crippen LogP contribution in [0.4, 0.5) is 0 Å². The molecule has 0 aliphatic carbocycles. The summed E-state index contributed by atoms with van der Waals surface area (Å²) in [6.45, 7) is 3.65. The Balaban J connectivity index is 1.66. The molecule has 2 aromatic carbocycles. The summed E-state index contributed by atoms with van der Waals surface area (Å²) in [5.74, 6) is 0.521. The molecule has 4 aromatic rings. The lowest BCUT2D eigenvalue weighted by Crippen LogP contribution is -2.26. The highest BCUT2D eigenvalue weighted by molar-refractivity contribution is 5.82. The largest absolute Gasteiger partial charge is 0.381 e. The molecule has 2 aromatic heterocycles. The van der Waals surface area contributed by atoms with E-state index in [9.17, 15) is 0 Å². The number of imidazole rings is 1. The number of aromatic nitrogens is 5. The van der Waals surface area contributed by atoms with E-state index in [-0.39, 0.29) is 6.04 Å². The first kappa shape index (κ1) is 18.1. The number of hydrogen-bond donors (Lipinski definition) is 0. The van der Waals surface area contributed by atoms with E-state index in [0.717, 1.165) is 54.0 Å². The summed E-state index contributed by atoms with van der Waals surface area (Å²) >= 11 is 0. The van der Waals surface area contributed by atoms with Crippen LogP contribution in [0.15, 0.2) is 54.9 Å². The number of aryl methyl sites for hydroxylation is 2. The quantitative estimate of drug-likeness (QED) is 0.528. The zero-order valence-corrected chi connectivity index (χ0v) is 16.8. The summed E-state index contributed by atoms with van der Waals surface area (Å²) in [7, 11) is 1.94. The minimum absolute atomic E-state index is 0.242. The summed E-state index contributed by atoms with van der Waals surface area (Å²) in [6.07, 6.45) is 4.11. The van der Waals surface area contributed by atoms with Gasteiger partial charge in [-0.3, -0.25) is 0 Å². The summed E-state index contributed by atoms with van der Waals surface area (Å²) in [6, 6.07) is 17.4. The van der Waals surface area contributed by atoms with Gasteiger partial charge in [-0.15, -0.1) is 5.10 Å². The third-order valence-electron chi connectivity index (χ3n) is 6.00. The van der Waals surface area contributed by atoms with E-state index < -0.39 is 0 Å². The predicted octanol–water partition coefficient (Wildman–Crippen LogP) is 4.16. The fraction of sp³-hybridized carbons (Fsp3) is 0.348. The lowest BCUT2D eigenvalue weighted by atomic mass is 9.86. The molecular weight excluding hydrogens is 362 g/mol. The number of benzene rings is 2. The first-order chi connectivity index (χ1) is 14.2. The van der Waals surface area contributed by atoms with E-state index in [2.05, 4.69) is 63.4 Å². The summed E-state index contributed by atoms with van der Waals surface area (Å²) < 4.78 is 9.83. The number of hydrogen-bond acceptors (Lipinski definition) is 4. The van der Waals surface area contributed by atoms with Gasteiger partial charge < -0.3 is 9.30 Å². The molecule has 5 rings (SSSR count). The SMILES string of the molecule is Cc1nnn(C)c1-c1ccc2ncn(C(c3ccccc3)C3CCOCC3)c2c1. The molecule has 1 fully saturated rings. The number of fused-ring (bicyclic) bond motifs is 1. The maximum Gasteiger partial charge on any atom is 0.0964 e. The molecule has 29 heavy (non-hydrogen) atoms. The Morgan fingerprint density at radius 1 is 1.07 bits per heavy atom.